The Morgan fingerprint density at radius 3 is 2.33 bits per heavy atom. The maximum absolute atomic E-state index is 12.9. The zero-order valence-corrected chi connectivity index (χ0v) is 20.2. The number of hydrogen-bond donors (Lipinski definition) is 0. The van der Waals surface area contributed by atoms with Crippen LogP contribution in [0.3, 0.4) is 0 Å². The van der Waals surface area contributed by atoms with Crippen molar-refractivity contribution in [2.75, 3.05) is 33.2 Å². The Kier molecular flexibility index (Phi) is 5.79. The van der Waals surface area contributed by atoms with Gasteiger partial charge in [-0.15, -0.1) is 0 Å². The summed E-state index contributed by atoms with van der Waals surface area (Å²) in [6.45, 7) is 3.37. The molecule has 0 saturated carbocycles. The van der Waals surface area contributed by atoms with Gasteiger partial charge in [-0.25, -0.2) is 4.98 Å². The van der Waals surface area contributed by atoms with Crippen molar-refractivity contribution in [2.45, 2.75) is 0 Å². The lowest BCUT2D eigenvalue weighted by atomic mass is 10.0. The van der Waals surface area contributed by atoms with Crippen molar-refractivity contribution < 1.29 is 4.79 Å². The molecule has 6 nitrogen and oxygen atoms in total. The van der Waals surface area contributed by atoms with E-state index in [0.717, 1.165) is 71.0 Å². The number of carbonyl (C=O) groups excluding carboxylic acids is 1. The first-order valence-corrected chi connectivity index (χ1v) is 12.2. The van der Waals surface area contributed by atoms with Gasteiger partial charge >= 0.3 is 0 Å². The number of imidazole rings is 1. The molecule has 0 bridgehead atoms. The summed E-state index contributed by atoms with van der Waals surface area (Å²) in [6.07, 6.45) is 5.79. The van der Waals surface area contributed by atoms with Crippen LogP contribution in [0.1, 0.15) is 10.4 Å². The van der Waals surface area contributed by atoms with Gasteiger partial charge in [0.1, 0.15) is 5.65 Å². The minimum absolute atomic E-state index is 0.0999. The molecule has 3 aromatic heterocycles. The van der Waals surface area contributed by atoms with Crippen molar-refractivity contribution >= 4 is 11.6 Å². The monoisotopic (exact) mass is 473 g/mol. The lowest BCUT2D eigenvalue weighted by Crippen LogP contribution is -2.47. The van der Waals surface area contributed by atoms with Crippen LogP contribution in [0.15, 0.2) is 97.5 Å². The molecule has 6 heteroatoms. The number of aromatic nitrogens is 3. The van der Waals surface area contributed by atoms with E-state index in [1.54, 1.807) is 0 Å². The van der Waals surface area contributed by atoms with Crippen LogP contribution in [0.25, 0.3) is 39.3 Å². The molecule has 0 spiro atoms. The third-order valence-electron chi connectivity index (χ3n) is 6.89. The van der Waals surface area contributed by atoms with Crippen molar-refractivity contribution in [2.24, 2.45) is 0 Å². The molecular weight excluding hydrogens is 446 g/mol. The number of piperazine rings is 1. The van der Waals surface area contributed by atoms with E-state index in [1.807, 2.05) is 78.1 Å². The maximum atomic E-state index is 12.9. The van der Waals surface area contributed by atoms with Crippen molar-refractivity contribution in [3.8, 4) is 33.6 Å². The first-order valence-electron chi connectivity index (χ1n) is 12.2. The fraction of sp³-hybridized carbons (Fsp3) is 0.167. The second-order valence-corrected chi connectivity index (χ2v) is 9.23. The molecule has 36 heavy (non-hydrogen) atoms. The molecule has 2 aromatic carbocycles. The number of rotatable bonds is 4. The number of pyridine rings is 2. The summed E-state index contributed by atoms with van der Waals surface area (Å²) in [5, 5.41) is 0. The minimum atomic E-state index is 0.0999. The van der Waals surface area contributed by atoms with Crippen molar-refractivity contribution in [1.29, 1.82) is 0 Å². The highest BCUT2D eigenvalue weighted by Crippen LogP contribution is 2.30. The van der Waals surface area contributed by atoms with Gasteiger partial charge in [0, 0.05) is 60.8 Å². The van der Waals surface area contributed by atoms with Crippen LogP contribution in [0, 0.1) is 0 Å². The smallest absolute Gasteiger partial charge is 0.253 e. The van der Waals surface area contributed by atoms with Crippen LogP contribution >= 0.6 is 0 Å². The second kappa shape index (κ2) is 9.40. The highest BCUT2D eigenvalue weighted by Gasteiger charge is 2.20. The molecule has 0 aliphatic carbocycles. The SMILES string of the molecule is CN1CCN(C(=O)c2ccc(-c3cccn4c(-c5ccnc(-c6ccccc6)c5)cnc34)cc2)CC1. The standard InChI is InChI=1S/C30H27N5O/c1-33-16-18-34(19-17-33)30(36)24-11-9-22(10-12-24)26-8-5-15-35-28(21-32-29(26)35)25-13-14-31-27(20-25)23-6-3-2-4-7-23/h2-15,20-21H,16-19H2,1H3. The van der Waals surface area contributed by atoms with E-state index in [0.29, 0.717) is 0 Å². The van der Waals surface area contributed by atoms with Gasteiger partial charge < -0.3 is 9.80 Å². The van der Waals surface area contributed by atoms with Gasteiger partial charge in [-0.1, -0.05) is 42.5 Å². The largest absolute Gasteiger partial charge is 0.336 e. The van der Waals surface area contributed by atoms with E-state index in [2.05, 4.69) is 45.6 Å². The first-order chi connectivity index (χ1) is 17.7. The number of likely N-dealkylation sites (N-methyl/N-ethyl adjacent to an activating group) is 1. The van der Waals surface area contributed by atoms with E-state index in [9.17, 15) is 4.79 Å². The van der Waals surface area contributed by atoms with Gasteiger partial charge in [0.05, 0.1) is 17.6 Å². The molecular formula is C30H27N5O. The average molecular weight is 474 g/mol. The first kappa shape index (κ1) is 22.2. The Morgan fingerprint density at radius 1 is 0.778 bits per heavy atom. The molecule has 1 saturated heterocycles. The normalized spacial score (nSPS) is 14.3. The lowest BCUT2D eigenvalue weighted by Gasteiger charge is -2.32. The second-order valence-electron chi connectivity index (χ2n) is 9.23. The van der Waals surface area contributed by atoms with Crippen molar-refractivity contribution in [3.63, 3.8) is 0 Å². The molecule has 0 unspecified atom stereocenters. The number of carbonyl (C=O) groups is 1. The zero-order chi connectivity index (χ0) is 24.5. The number of hydrogen-bond acceptors (Lipinski definition) is 4. The Bertz CT molecular complexity index is 1520. The van der Waals surface area contributed by atoms with Gasteiger partial charge in [0.25, 0.3) is 5.91 Å². The maximum Gasteiger partial charge on any atom is 0.253 e. The third kappa shape index (κ3) is 4.16. The molecule has 1 fully saturated rings. The van der Waals surface area contributed by atoms with E-state index < -0.39 is 0 Å². The molecule has 178 valence electrons. The van der Waals surface area contributed by atoms with Gasteiger partial charge in [-0.05, 0) is 49.0 Å². The summed E-state index contributed by atoms with van der Waals surface area (Å²) in [7, 11) is 2.09. The highest BCUT2D eigenvalue weighted by atomic mass is 16.2. The predicted molar refractivity (Wildman–Crippen MR) is 143 cm³/mol. The lowest BCUT2D eigenvalue weighted by molar-refractivity contribution is 0.0664. The number of amides is 1. The predicted octanol–water partition coefficient (Wildman–Crippen LogP) is 5.12. The highest BCUT2D eigenvalue weighted by molar-refractivity contribution is 5.95. The van der Waals surface area contributed by atoms with Crippen LogP contribution in [0.5, 0.6) is 0 Å². The van der Waals surface area contributed by atoms with Gasteiger partial charge in [0.15, 0.2) is 0 Å². The third-order valence-corrected chi connectivity index (χ3v) is 6.89. The molecule has 0 atom stereocenters. The Balaban J connectivity index is 1.31. The summed E-state index contributed by atoms with van der Waals surface area (Å²) in [6, 6.07) is 26.3. The summed E-state index contributed by atoms with van der Waals surface area (Å²) in [5.74, 6) is 0.0999. The summed E-state index contributed by atoms with van der Waals surface area (Å²) in [4.78, 5) is 26.5. The van der Waals surface area contributed by atoms with Gasteiger partial charge in [0.2, 0.25) is 0 Å². The van der Waals surface area contributed by atoms with Gasteiger partial charge in [-0.3, -0.25) is 14.2 Å². The molecule has 6 rings (SSSR count). The van der Waals surface area contributed by atoms with E-state index in [4.69, 9.17) is 4.98 Å². The Morgan fingerprint density at radius 2 is 1.56 bits per heavy atom. The quantitative estimate of drug-likeness (QED) is 0.364. The molecule has 1 amide bonds. The van der Waals surface area contributed by atoms with Crippen LogP contribution in [0.2, 0.25) is 0 Å². The van der Waals surface area contributed by atoms with Crippen LogP contribution in [-0.2, 0) is 0 Å². The average Bonchev–Trinajstić information content (AvgIpc) is 3.38. The van der Waals surface area contributed by atoms with Gasteiger partial charge in [-0.2, -0.15) is 0 Å². The molecule has 0 N–H and O–H groups in total. The Hall–Kier alpha value is -4.29. The minimum Gasteiger partial charge on any atom is -0.336 e. The fourth-order valence-corrected chi connectivity index (χ4v) is 4.79. The molecule has 5 aromatic rings. The topological polar surface area (TPSA) is 53.7 Å². The number of fused-ring (bicyclic) bond motifs is 1. The number of benzene rings is 2. The Labute approximate surface area is 210 Å². The van der Waals surface area contributed by atoms with E-state index in [-0.39, 0.29) is 5.91 Å². The number of nitrogens with zero attached hydrogens (tertiary/aromatic N) is 5. The molecule has 1 aliphatic rings. The van der Waals surface area contributed by atoms with Crippen molar-refractivity contribution in [1.82, 2.24) is 24.2 Å². The summed E-state index contributed by atoms with van der Waals surface area (Å²) in [5.41, 5.74) is 7.75. The van der Waals surface area contributed by atoms with Crippen LogP contribution in [-0.4, -0.2) is 63.3 Å². The van der Waals surface area contributed by atoms with Crippen LogP contribution in [0.4, 0.5) is 0 Å². The molecule has 4 heterocycles. The zero-order valence-electron chi connectivity index (χ0n) is 20.2. The summed E-state index contributed by atoms with van der Waals surface area (Å²) >= 11 is 0. The molecule has 0 radical (unpaired) electrons. The van der Waals surface area contributed by atoms with E-state index in [1.165, 1.54) is 0 Å². The molecule has 1 aliphatic heterocycles. The van der Waals surface area contributed by atoms with Crippen LogP contribution < -0.4 is 0 Å². The summed E-state index contributed by atoms with van der Waals surface area (Å²) < 4.78 is 2.11. The van der Waals surface area contributed by atoms with E-state index >= 15 is 0 Å². The van der Waals surface area contributed by atoms with Crippen molar-refractivity contribution in [3.05, 3.63) is 103 Å². The fourth-order valence-electron chi connectivity index (χ4n) is 4.79.